The Morgan fingerprint density at radius 1 is 1.44 bits per heavy atom. The molecule has 50 valence electrons. The van der Waals surface area contributed by atoms with E-state index in [2.05, 4.69) is 0 Å². The van der Waals surface area contributed by atoms with Gasteiger partial charge in [0.15, 0.2) is 5.78 Å². The predicted octanol–water partition coefficient (Wildman–Crippen LogP) is -0.412. The summed E-state index contributed by atoms with van der Waals surface area (Å²) in [6.07, 6.45) is -0.267. The fourth-order valence-electron chi connectivity index (χ4n) is 0.325. The molecule has 0 fully saturated rings. The van der Waals surface area contributed by atoms with E-state index in [9.17, 15) is 14.0 Å². The molecule has 0 unspecified atom stereocenters. The van der Waals surface area contributed by atoms with E-state index < -0.39 is 12.5 Å². The van der Waals surface area contributed by atoms with Gasteiger partial charge in [0.1, 0.15) is 12.5 Å². The highest BCUT2D eigenvalue weighted by Gasteiger charge is 2.02. The Bertz CT molecular complexity index is 114. The van der Waals surface area contributed by atoms with Gasteiger partial charge in [-0.1, -0.05) is 0 Å². The number of hydrogen-bond acceptors (Lipinski definition) is 2. The summed E-state index contributed by atoms with van der Waals surface area (Å²) in [5.74, 6) is -0.926. The maximum atomic E-state index is 11.2. The van der Waals surface area contributed by atoms with Gasteiger partial charge in [0, 0.05) is 0 Å². The number of halogens is 1. The van der Waals surface area contributed by atoms with Crippen molar-refractivity contribution < 1.29 is 14.0 Å². The van der Waals surface area contributed by atoms with Gasteiger partial charge in [0.25, 0.3) is 0 Å². The van der Waals surface area contributed by atoms with E-state index in [0.29, 0.717) is 0 Å². The first-order valence-corrected chi connectivity index (χ1v) is 2.24. The molecule has 0 N–H and O–H groups in total. The number of alkyl halides is 1. The molecule has 0 heterocycles. The van der Waals surface area contributed by atoms with Crippen LogP contribution in [0.4, 0.5) is 4.39 Å². The molecule has 0 aromatic carbocycles. The smallest absolute Gasteiger partial charge is 0.300 e. The third kappa shape index (κ3) is 8.04. The molecule has 0 saturated heterocycles. The Morgan fingerprint density at radius 2 is 1.89 bits per heavy atom. The lowest BCUT2D eigenvalue weighted by Crippen LogP contribution is -2.05. The van der Waals surface area contributed by atoms with Crippen LogP contribution in [0.15, 0.2) is 0 Å². The molecule has 0 aromatic rings. The van der Waals surface area contributed by atoms with E-state index in [0.717, 1.165) is 0 Å². The molecule has 2 nitrogen and oxygen atoms in total. The molecule has 0 bridgehead atoms. The highest BCUT2D eigenvalue weighted by atomic mass is 24.3. The van der Waals surface area contributed by atoms with Crippen molar-refractivity contribution in [1.82, 2.24) is 0 Å². The molecule has 0 aliphatic heterocycles. The molecule has 0 aromatic heterocycles. The monoisotopic (exact) mass is 144 g/mol. The fraction of sp³-hybridized carbons (Fsp3) is 0.600. The zero-order valence-corrected chi connectivity index (χ0v) is 4.61. The first-order valence-electron chi connectivity index (χ1n) is 2.24. The van der Waals surface area contributed by atoms with E-state index in [-0.39, 0.29) is 35.3 Å². The first kappa shape index (κ1) is 11.8. The molecular formula is C5H9FMgO2. The highest BCUT2D eigenvalue weighted by Crippen LogP contribution is 1.84. The van der Waals surface area contributed by atoms with Crippen molar-refractivity contribution in [2.45, 2.75) is 13.3 Å². The number of carbonyl (C=O) groups is 2. The van der Waals surface area contributed by atoms with E-state index in [1.807, 2.05) is 0 Å². The van der Waals surface area contributed by atoms with Crippen molar-refractivity contribution in [3.8, 4) is 0 Å². The van der Waals surface area contributed by atoms with Crippen LogP contribution in [0.25, 0.3) is 0 Å². The summed E-state index contributed by atoms with van der Waals surface area (Å²) in [7, 11) is 0. The van der Waals surface area contributed by atoms with Gasteiger partial charge < -0.3 is 0 Å². The lowest BCUT2D eigenvalue weighted by Gasteiger charge is -1.85. The SMILES string of the molecule is CC(=O)CC(=O)CF.[MgH2]. The van der Waals surface area contributed by atoms with Crippen molar-refractivity contribution >= 4 is 34.6 Å². The molecule has 0 aliphatic carbocycles. The van der Waals surface area contributed by atoms with Gasteiger partial charge in [-0.15, -0.1) is 0 Å². The molecule has 0 amide bonds. The second-order valence-corrected chi connectivity index (χ2v) is 1.55. The second kappa shape index (κ2) is 6.16. The zero-order chi connectivity index (χ0) is 6.57. The minimum Gasteiger partial charge on any atom is -0.300 e. The first-order chi connectivity index (χ1) is 3.66. The van der Waals surface area contributed by atoms with Crippen LogP contribution >= 0.6 is 0 Å². The van der Waals surface area contributed by atoms with Gasteiger partial charge in [0.05, 0.1) is 6.42 Å². The van der Waals surface area contributed by atoms with Crippen LogP contribution in [-0.2, 0) is 9.59 Å². The van der Waals surface area contributed by atoms with Crippen molar-refractivity contribution in [2.24, 2.45) is 0 Å². The topological polar surface area (TPSA) is 34.1 Å². The number of hydrogen-bond donors (Lipinski definition) is 0. The molecular weight excluding hydrogens is 135 g/mol. The molecule has 0 saturated carbocycles. The van der Waals surface area contributed by atoms with Gasteiger partial charge in [-0.05, 0) is 6.92 Å². The highest BCUT2D eigenvalue weighted by molar-refractivity contribution is 5.98. The summed E-state index contributed by atoms with van der Waals surface area (Å²) < 4.78 is 11.2. The number of rotatable bonds is 3. The van der Waals surface area contributed by atoms with Crippen molar-refractivity contribution in [1.29, 1.82) is 0 Å². The average Bonchev–Trinajstić information content (AvgIpc) is 1.65. The molecule has 0 atom stereocenters. The Labute approximate surface area is 69.0 Å². The maximum absolute atomic E-state index is 11.2. The lowest BCUT2D eigenvalue weighted by molar-refractivity contribution is -0.126. The van der Waals surface area contributed by atoms with Gasteiger partial charge in [-0.2, -0.15) is 0 Å². The maximum Gasteiger partial charge on any atom is 0.316 e. The second-order valence-electron chi connectivity index (χ2n) is 1.55. The molecule has 9 heavy (non-hydrogen) atoms. The number of ketones is 2. The van der Waals surface area contributed by atoms with E-state index in [1.54, 1.807) is 0 Å². The summed E-state index contributed by atoms with van der Waals surface area (Å²) in [5.41, 5.74) is 0. The van der Waals surface area contributed by atoms with E-state index in [4.69, 9.17) is 0 Å². The Kier molecular flexibility index (Phi) is 8.07. The van der Waals surface area contributed by atoms with Gasteiger partial charge in [-0.25, -0.2) is 4.39 Å². The average molecular weight is 144 g/mol. The Hall–Kier alpha value is 0.0362. The number of Topliss-reactive ketones (excluding diaryl/α,β-unsaturated/α-hetero) is 2. The van der Waals surface area contributed by atoms with Gasteiger partial charge >= 0.3 is 23.1 Å². The molecule has 0 aliphatic rings. The van der Waals surface area contributed by atoms with Crippen LogP contribution in [0, 0.1) is 0 Å². The molecule has 0 radical (unpaired) electrons. The van der Waals surface area contributed by atoms with Crippen LogP contribution in [0.1, 0.15) is 13.3 Å². The van der Waals surface area contributed by atoms with Crippen LogP contribution in [-0.4, -0.2) is 41.3 Å². The van der Waals surface area contributed by atoms with Crippen LogP contribution in [0.5, 0.6) is 0 Å². The Balaban J connectivity index is 0. The summed E-state index contributed by atoms with van der Waals surface area (Å²) in [4.78, 5) is 20.1. The Morgan fingerprint density at radius 3 is 2.00 bits per heavy atom. The molecule has 4 heteroatoms. The normalized spacial score (nSPS) is 7.78. The third-order valence-electron chi connectivity index (χ3n) is 0.595. The molecule has 0 rings (SSSR count). The fourth-order valence-corrected chi connectivity index (χ4v) is 0.325. The van der Waals surface area contributed by atoms with Crippen LogP contribution in [0.3, 0.4) is 0 Å². The standard InChI is InChI=1S/C5H7FO2.Mg.2H/c1-4(7)2-5(8)3-6;;;/h2-3H2,1H3;;;. The largest absolute Gasteiger partial charge is 0.316 e. The van der Waals surface area contributed by atoms with Crippen molar-refractivity contribution in [3.05, 3.63) is 0 Å². The van der Waals surface area contributed by atoms with Crippen molar-refractivity contribution in [3.63, 3.8) is 0 Å². The van der Waals surface area contributed by atoms with Crippen LogP contribution < -0.4 is 0 Å². The summed E-state index contributed by atoms with van der Waals surface area (Å²) in [6.45, 7) is 0.229. The van der Waals surface area contributed by atoms with Gasteiger partial charge in [-0.3, -0.25) is 9.59 Å². The quantitative estimate of drug-likeness (QED) is 0.399. The van der Waals surface area contributed by atoms with E-state index in [1.165, 1.54) is 6.92 Å². The third-order valence-corrected chi connectivity index (χ3v) is 0.595. The zero-order valence-electron chi connectivity index (χ0n) is 4.61. The summed E-state index contributed by atoms with van der Waals surface area (Å²) in [6, 6.07) is 0. The minimum absolute atomic E-state index is 0. The van der Waals surface area contributed by atoms with Crippen LogP contribution in [0.2, 0.25) is 0 Å². The minimum atomic E-state index is -1.03. The molecule has 0 spiro atoms. The predicted molar refractivity (Wildman–Crippen MR) is 34.8 cm³/mol. The van der Waals surface area contributed by atoms with Crippen molar-refractivity contribution in [2.75, 3.05) is 6.67 Å². The van der Waals surface area contributed by atoms with Gasteiger partial charge in [0.2, 0.25) is 0 Å². The summed E-state index contributed by atoms with van der Waals surface area (Å²) in [5, 5.41) is 0. The van der Waals surface area contributed by atoms with E-state index >= 15 is 0 Å². The summed E-state index contributed by atoms with van der Waals surface area (Å²) >= 11 is 0. The lowest BCUT2D eigenvalue weighted by atomic mass is 10.2. The number of carbonyl (C=O) groups excluding carboxylic acids is 2.